The van der Waals surface area contributed by atoms with Crippen LogP contribution in [-0.2, 0) is 18.5 Å². The Morgan fingerprint density at radius 1 is 0.930 bits per heavy atom. The van der Waals surface area contributed by atoms with Gasteiger partial charge in [0, 0.05) is 47.0 Å². The molecule has 2 aromatic heterocycles. The lowest BCUT2D eigenvalue weighted by atomic mass is 9.83. The van der Waals surface area contributed by atoms with Crippen LogP contribution in [0.25, 0.3) is 0 Å². The number of unbranched alkanes of at least 4 members (excludes halogenated alkanes) is 13. The van der Waals surface area contributed by atoms with Gasteiger partial charge in [-0.1, -0.05) is 103 Å². The highest BCUT2D eigenvalue weighted by molar-refractivity contribution is 5.97. The number of hydrogen-bond donors (Lipinski definition) is 1. The number of aromatic amines is 1. The minimum absolute atomic E-state index is 0.0587. The summed E-state index contributed by atoms with van der Waals surface area (Å²) in [6, 6.07) is 2.10. The predicted molar refractivity (Wildman–Crippen MR) is 179 cm³/mol. The first-order valence-electron chi connectivity index (χ1n) is 17.0. The van der Waals surface area contributed by atoms with E-state index < -0.39 is 5.54 Å². The van der Waals surface area contributed by atoms with Crippen molar-refractivity contribution >= 4 is 5.78 Å². The van der Waals surface area contributed by atoms with Crippen LogP contribution in [0.15, 0.2) is 29.9 Å². The van der Waals surface area contributed by atoms with Gasteiger partial charge in [0.05, 0.1) is 0 Å². The smallest absolute Gasteiger partial charge is 0.283 e. The highest BCUT2D eigenvalue weighted by Gasteiger charge is 2.46. The summed E-state index contributed by atoms with van der Waals surface area (Å²) in [6.45, 7) is 12.7. The molecule has 0 aliphatic heterocycles. The minimum atomic E-state index is -1.26. The zero-order valence-corrected chi connectivity index (χ0v) is 27.9. The number of carbonyl (C=O) groups excluding carboxylic acids is 1. The van der Waals surface area contributed by atoms with Gasteiger partial charge in [-0.3, -0.25) is 14.9 Å². The molecule has 43 heavy (non-hydrogen) atoms. The number of nitro groups is 1. The Kier molecular flexibility index (Phi) is 13.5. The highest BCUT2D eigenvalue weighted by atomic mass is 16.6. The number of nitrogens with zero attached hydrogens (tertiary/aromatic N) is 2. The molecule has 0 bridgehead atoms. The number of rotatable bonds is 20. The van der Waals surface area contributed by atoms with Crippen molar-refractivity contribution in [1.82, 2.24) is 9.55 Å². The van der Waals surface area contributed by atoms with Gasteiger partial charge in [0.2, 0.25) is 0 Å². The summed E-state index contributed by atoms with van der Waals surface area (Å²) in [7, 11) is 0. The van der Waals surface area contributed by atoms with E-state index in [1.54, 1.807) is 6.92 Å². The molecule has 1 atom stereocenters. The monoisotopic (exact) mass is 591 g/mol. The van der Waals surface area contributed by atoms with Crippen molar-refractivity contribution in [2.24, 2.45) is 0 Å². The van der Waals surface area contributed by atoms with Crippen molar-refractivity contribution in [2.45, 2.75) is 156 Å². The van der Waals surface area contributed by atoms with Gasteiger partial charge in [-0.15, -0.1) is 0 Å². The van der Waals surface area contributed by atoms with Gasteiger partial charge in [-0.2, -0.15) is 0 Å². The summed E-state index contributed by atoms with van der Waals surface area (Å²) >= 11 is 0. The maximum Gasteiger partial charge on any atom is 0.283 e. The van der Waals surface area contributed by atoms with Gasteiger partial charge in [-0.05, 0) is 69.9 Å². The van der Waals surface area contributed by atoms with Gasteiger partial charge in [0.15, 0.2) is 5.78 Å². The molecule has 1 aliphatic rings. The van der Waals surface area contributed by atoms with E-state index in [0.717, 1.165) is 64.4 Å². The normalized spacial score (nSPS) is 16.6. The summed E-state index contributed by atoms with van der Waals surface area (Å²) in [4.78, 5) is 28.0. The van der Waals surface area contributed by atoms with E-state index in [1.165, 1.54) is 77.0 Å². The molecule has 1 N–H and O–H groups in total. The summed E-state index contributed by atoms with van der Waals surface area (Å²) < 4.78 is 2.21. The van der Waals surface area contributed by atoms with E-state index in [1.807, 2.05) is 39.0 Å². The van der Waals surface area contributed by atoms with Gasteiger partial charge in [0.25, 0.3) is 5.54 Å². The van der Waals surface area contributed by atoms with Crippen molar-refractivity contribution in [2.75, 3.05) is 0 Å². The fourth-order valence-electron chi connectivity index (χ4n) is 7.10. The van der Waals surface area contributed by atoms with E-state index in [0.29, 0.717) is 12.8 Å². The number of ketones is 1. The second kappa shape index (κ2) is 16.8. The topological polar surface area (TPSA) is 80.9 Å². The zero-order chi connectivity index (χ0) is 31.4. The number of hydrogen-bond acceptors (Lipinski definition) is 3. The molecule has 3 rings (SSSR count). The molecular weight excluding hydrogens is 534 g/mol. The molecule has 0 radical (unpaired) electrons. The van der Waals surface area contributed by atoms with Crippen molar-refractivity contribution in [3.8, 4) is 0 Å². The Hall–Kier alpha value is -2.89. The Bertz CT molecular complexity index is 1280. The van der Waals surface area contributed by atoms with Crippen molar-refractivity contribution in [3.63, 3.8) is 0 Å². The van der Waals surface area contributed by atoms with Crippen LogP contribution in [0.2, 0.25) is 0 Å². The Morgan fingerprint density at radius 2 is 1.49 bits per heavy atom. The van der Waals surface area contributed by atoms with Crippen LogP contribution in [0.4, 0.5) is 0 Å². The lowest BCUT2D eigenvalue weighted by Gasteiger charge is -2.27. The number of allylic oxidation sites excluding steroid dienone is 2. The van der Waals surface area contributed by atoms with E-state index in [2.05, 4.69) is 29.5 Å². The van der Waals surface area contributed by atoms with Crippen LogP contribution >= 0.6 is 0 Å². The molecule has 0 fully saturated rings. The van der Waals surface area contributed by atoms with E-state index in [4.69, 9.17) is 0 Å². The molecule has 2 heterocycles. The molecule has 6 nitrogen and oxygen atoms in total. The van der Waals surface area contributed by atoms with E-state index in [9.17, 15) is 14.9 Å². The van der Waals surface area contributed by atoms with Crippen LogP contribution in [0.1, 0.15) is 154 Å². The van der Waals surface area contributed by atoms with Gasteiger partial charge in [-0.25, -0.2) is 0 Å². The number of aryl methyl sites for hydroxylation is 3. The molecule has 6 heteroatoms. The number of Topliss-reactive ketones (excluding diaryl/α,β-unsaturated/α-hetero) is 1. The number of nitrogens with one attached hydrogen (secondary N) is 1. The van der Waals surface area contributed by atoms with Crippen LogP contribution in [-0.4, -0.2) is 20.3 Å². The first kappa shape index (κ1) is 34.6. The maximum absolute atomic E-state index is 12.7. The number of H-pyrrole nitrogens is 1. The molecule has 1 aliphatic carbocycles. The third-order valence-electron chi connectivity index (χ3n) is 9.49. The lowest BCUT2D eigenvalue weighted by molar-refractivity contribution is -0.564. The van der Waals surface area contributed by atoms with Crippen molar-refractivity contribution in [1.29, 1.82) is 0 Å². The third-order valence-corrected chi connectivity index (χ3v) is 9.49. The molecule has 1 unspecified atom stereocenters. The standard InChI is InChI=1S/C37H57N3O3/c1-7-8-9-10-11-12-13-14-15-16-17-18-19-20-25-39-29(3)26-28(2)36(39)37(40(42)43)23-21-33(22-24-37)27-34-30(4)35(32(6)41)31(5)38-34/h21-23,26,38H,7-20,24-25,27H2,1-6H3. The Morgan fingerprint density at radius 3 is 1.95 bits per heavy atom. The van der Waals surface area contributed by atoms with Crippen LogP contribution in [0.5, 0.6) is 0 Å². The second-order valence-electron chi connectivity index (χ2n) is 13.0. The quantitative estimate of drug-likeness (QED) is 0.0720. The molecule has 0 saturated heterocycles. The molecule has 0 aromatic carbocycles. The fourth-order valence-corrected chi connectivity index (χ4v) is 7.10. The summed E-state index contributed by atoms with van der Waals surface area (Å²) in [5.74, 6) is 0.0587. The molecule has 2 aromatic rings. The zero-order valence-electron chi connectivity index (χ0n) is 27.9. The summed E-state index contributed by atoms with van der Waals surface area (Å²) in [5, 5.41) is 12.7. The largest absolute Gasteiger partial charge is 0.361 e. The van der Waals surface area contributed by atoms with Crippen molar-refractivity contribution in [3.05, 3.63) is 79.4 Å². The van der Waals surface area contributed by atoms with Crippen LogP contribution < -0.4 is 0 Å². The molecular formula is C37H57N3O3. The van der Waals surface area contributed by atoms with Gasteiger partial charge in [0.1, 0.15) is 5.69 Å². The van der Waals surface area contributed by atoms with E-state index in [-0.39, 0.29) is 10.7 Å². The lowest BCUT2D eigenvalue weighted by Crippen LogP contribution is -2.37. The summed E-state index contributed by atoms with van der Waals surface area (Å²) in [5.41, 5.74) is 6.29. The number of carbonyl (C=O) groups is 1. The average Bonchev–Trinajstić information content (AvgIpc) is 3.41. The molecule has 0 amide bonds. The maximum atomic E-state index is 12.7. The highest BCUT2D eigenvalue weighted by Crippen LogP contribution is 2.39. The SMILES string of the molecule is CCCCCCCCCCCCCCCCn1c(C)cc(C)c1C1([N+](=O)[O-])C=CC(Cc2[nH]c(C)c(C(C)=O)c2C)=CC1. The third kappa shape index (κ3) is 9.06. The van der Waals surface area contributed by atoms with Crippen molar-refractivity contribution < 1.29 is 9.72 Å². The van der Waals surface area contributed by atoms with Crippen LogP contribution in [0.3, 0.4) is 0 Å². The predicted octanol–water partition coefficient (Wildman–Crippen LogP) is 10.3. The Labute approximate surface area is 260 Å². The van der Waals surface area contributed by atoms with Crippen LogP contribution in [0, 0.1) is 37.8 Å². The molecule has 0 spiro atoms. The first-order chi connectivity index (χ1) is 20.6. The second-order valence-corrected chi connectivity index (χ2v) is 13.0. The van der Waals surface area contributed by atoms with E-state index >= 15 is 0 Å². The summed E-state index contributed by atoms with van der Waals surface area (Å²) in [6.07, 6.45) is 25.2. The number of aromatic nitrogens is 2. The molecule has 238 valence electrons. The minimum Gasteiger partial charge on any atom is -0.361 e. The van der Waals surface area contributed by atoms with Gasteiger partial charge < -0.3 is 9.55 Å². The average molecular weight is 592 g/mol. The Balaban J connectivity index is 1.52. The first-order valence-corrected chi connectivity index (χ1v) is 17.0. The fraction of sp³-hybridized carbons (Fsp3) is 0.649. The van der Waals surface area contributed by atoms with Gasteiger partial charge >= 0.3 is 0 Å². The molecule has 0 saturated carbocycles.